The van der Waals surface area contributed by atoms with Gasteiger partial charge in [0.15, 0.2) is 0 Å². The van der Waals surface area contributed by atoms with Crippen LogP contribution < -0.4 is 4.83 Å². The molecule has 0 atom stereocenters. The van der Waals surface area contributed by atoms with Crippen LogP contribution in [0.2, 0.25) is 0 Å². The fourth-order valence-electron chi connectivity index (χ4n) is 0.876. The maximum absolute atomic E-state index is 10.9. The highest BCUT2D eigenvalue weighted by molar-refractivity contribution is 7.90. The normalized spacial score (nSPS) is 21.1. The number of hydrogen-bond donors (Lipinski definition) is 1. The Bertz CT molecular complexity index is 225. The number of halogens is 1. The van der Waals surface area contributed by atoms with Crippen LogP contribution in [0, 0.1) is 0 Å². The predicted molar refractivity (Wildman–Crippen MR) is 45.2 cm³/mol. The van der Waals surface area contributed by atoms with Gasteiger partial charge in [0, 0.05) is 13.1 Å². The van der Waals surface area contributed by atoms with Gasteiger partial charge in [0.05, 0.1) is 13.2 Å². The predicted octanol–water partition coefficient (Wildman–Crippen LogP) is -0.651. The van der Waals surface area contributed by atoms with E-state index in [1.807, 2.05) is 0 Å². The largest absolute Gasteiger partial charge is 0.379 e. The van der Waals surface area contributed by atoms with Gasteiger partial charge in [-0.2, -0.15) is 0 Å². The van der Waals surface area contributed by atoms with Gasteiger partial charge in [-0.25, -0.2) is 13.4 Å². The van der Waals surface area contributed by atoms with Gasteiger partial charge in [-0.1, -0.05) is 0 Å². The molecule has 0 amide bonds. The molecule has 0 aromatic heterocycles. The molecule has 0 spiro atoms. The van der Waals surface area contributed by atoms with Gasteiger partial charge < -0.3 is 4.74 Å². The molecule has 0 radical (unpaired) electrons. The van der Waals surface area contributed by atoms with E-state index in [0.29, 0.717) is 26.3 Å². The van der Waals surface area contributed by atoms with Crippen LogP contribution in [0.15, 0.2) is 0 Å². The zero-order valence-electron chi connectivity index (χ0n) is 6.49. The maximum atomic E-state index is 10.9. The van der Waals surface area contributed by atoms with E-state index in [0.717, 1.165) is 0 Å². The third kappa shape index (κ3) is 3.24. The topological polar surface area (TPSA) is 58.6 Å². The molecule has 1 N–H and O–H groups in total. The highest BCUT2D eigenvalue weighted by atomic mass is 35.5. The Balaban J connectivity index is 2.39. The lowest BCUT2D eigenvalue weighted by Crippen LogP contribution is -2.48. The molecule has 1 rings (SSSR count). The van der Waals surface area contributed by atoms with E-state index < -0.39 is 15.2 Å². The SMILES string of the molecule is O=S(=O)(CCl)NN1CCOCC1. The van der Waals surface area contributed by atoms with E-state index in [9.17, 15) is 8.42 Å². The molecule has 0 aromatic rings. The van der Waals surface area contributed by atoms with Crippen LogP contribution in [0.4, 0.5) is 0 Å². The number of nitrogens with one attached hydrogen (secondary N) is 1. The maximum Gasteiger partial charge on any atom is 0.238 e. The summed E-state index contributed by atoms with van der Waals surface area (Å²) in [5.41, 5.74) is 0. The van der Waals surface area contributed by atoms with E-state index in [1.165, 1.54) is 0 Å². The van der Waals surface area contributed by atoms with Gasteiger partial charge in [0.25, 0.3) is 0 Å². The van der Waals surface area contributed by atoms with Gasteiger partial charge in [-0.15, -0.1) is 16.4 Å². The molecular formula is C5H11ClN2O3S. The van der Waals surface area contributed by atoms with Crippen LogP contribution in [-0.2, 0) is 14.8 Å². The second kappa shape index (κ2) is 4.38. The lowest BCUT2D eigenvalue weighted by atomic mass is 10.5. The first-order valence-corrected chi connectivity index (χ1v) is 5.71. The van der Waals surface area contributed by atoms with Crippen LogP contribution in [0.25, 0.3) is 0 Å². The first-order chi connectivity index (χ1) is 5.64. The molecule has 1 heterocycles. The Kier molecular flexibility index (Phi) is 3.73. The summed E-state index contributed by atoms with van der Waals surface area (Å²) in [5.74, 6) is 0. The highest BCUT2D eigenvalue weighted by Gasteiger charge is 2.16. The van der Waals surface area contributed by atoms with Crippen molar-refractivity contribution in [3.63, 3.8) is 0 Å². The van der Waals surface area contributed by atoms with E-state index in [4.69, 9.17) is 16.3 Å². The second-order valence-electron chi connectivity index (χ2n) is 2.41. The summed E-state index contributed by atoms with van der Waals surface area (Å²) in [7, 11) is -3.33. The van der Waals surface area contributed by atoms with Crippen molar-refractivity contribution >= 4 is 21.6 Å². The molecule has 12 heavy (non-hydrogen) atoms. The molecule has 1 fully saturated rings. The summed E-state index contributed by atoms with van der Waals surface area (Å²) in [6.45, 7) is 2.22. The minimum atomic E-state index is -3.33. The summed E-state index contributed by atoms with van der Waals surface area (Å²) >= 11 is 5.20. The molecular weight excluding hydrogens is 204 g/mol. The molecule has 7 heteroatoms. The fourth-order valence-corrected chi connectivity index (χ4v) is 1.65. The Morgan fingerprint density at radius 1 is 1.42 bits per heavy atom. The molecule has 5 nitrogen and oxygen atoms in total. The summed E-state index contributed by atoms with van der Waals surface area (Å²) in [4.78, 5) is 2.34. The first-order valence-electron chi connectivity index (χ1n) is 3.53. The quantitative estimate of drug-likeness (QED) is 0.635. The third-order valence-electron chi connectivity index (χ3n) is 1.42. The van der Waals surface area contributed by atoms with Crippen LogP contribution in [0.1, 0.15) is 0 Å². The number of hydrazine groups is 1. The van der Waals surface area contributed by atoms with Crippen LogP contribution >= 0.6 is 11.6 Å². The van der Waals surface area contributed by atoms with Crippen molar-refractivity contribution in [1.29, 1.82) is 0 Å². The van der Waals surface area contributed by atoms with Crippen molar-refractivity contribution in [3.8, 4) is 0 Å². The van der Waals surface area contributed by atoms with E-state index in [1.54, 1.807) is 5.01 Å². The van der Waals surface area contributed by atoms with E-state index >= 15 is 0 Å². The Labute approximate surface area is 76.7 Å². The molecule has 0 aromatic carbocycles. The molecule has 0 saturated carbocycles. The number of ether oxygens (including phenoxy) is 1. The standard InChI is InChI=1S/C5H11ClN2O3S/c6-5-12(9,10)7-8-1-3-11-4-2-8/h7H,1-5H2. The number of morpholine rings is 1. The Morgan fingerprint density at radius 2 is 2.00 bits per heavy atom. The summed E-state index contributed by atoms with van der Waals surface area (Å²) in [6.07, 6.45) is 0. The molecule has 1 aliphatic heterocycles. The molecule has 1 aliphatic rings. The summed E-state index contributed by atoms with van der Waals surface area (Å²) < 4.78 is 26.9. The number of rotatable bonds is 3. The minimum Gasteiger partial charge on any atom is -0.379 e. The van der Waals surface area contributed by atoms with Gasteiger partial charge >= 0.3 is 0 Å². The van der Waals surface area contributed by atoms with E-state index in [2.05, 4.69) is 4.83 Å². The van der Waals surface area contributed by atoms with Crippen molar-refractivity contribution < 1.29 is 13.2 Å². The van der Waals surface area contributed by atoms with Crippen LogP contribution in [-0.4, -0.2) is 44.9 Å². The van der Waals surface area contributed by atoms with Crippen molar-refractivity contribution in [2.75, 3.05) is 31.5 Å². The number of sulfonamides is 1. The molecule has 72 valence electrons. The Morgan fingerprint density at radius 3 is 2.50 bits per heavy atom. The van der Waals surface area contributed by atoms with E-state index in [-0.39, 0.29) is 0 Å². The molecule has 1 saturated heterocycles. The number of nitrogens with zero attached hydrogens (tertiary/aromatic N) is 1. The highest BCUT2D eigenvalue weighted by Crippen LogP contribution is 1.96. The van der Waals surface area contributed by atoms with Crippen LogP contribution in [0.5, 0.6) is 0 Å². The van der Waals surface area contributed by atoms with Gasteiger partial charge in [-0.05, 0) is 0 Å². The van der Waals surface area contributed by atoms with Gasteiger partial charge in [0.2, 0.25) is 10.0 Å². The lowest BCUT2D eigenvalue weighted by Gasteiger charge is -2.26. The lowest BCUT2D eigenvalue weighted by molar-refractivity contribution is 0.0273. The second-order valence-corrected chi connectivity index (χ2v) is 4.70. The van der Waals surface area contributed by atoms with Crippen molar-refractivity contribution in [1.82, 2.24) is 9.84 Å². The molecule has 0 aliphatic carbocycles. The summed E-state index contributed by atoms with van der Waals surface area (Å²) in [5, 5.41) is 1.17. The van der Waals surface area contributed by atoms with Gasteiger partial charge in [-0.3, -0.25) is 0 Å². The van der Waals surface area contributed by atoms with Crippen molar-refractivity contribution in [3.05, 3.63) is 0 Å². The van der Waals surface area contributed by atoms with Crippen molar-refractivity contribution in [2.24, 2.45) is 0 Å². The third-order valence-corrected chi connectivity index (χ3v) is 3.11. The Hall–Kier alpha value is 0.120. The number of alkyl halides is 1. The molecule has 0 bridgehead atoms. The smallest absolute Gasteiger partial charge is 0.238 e. The average Bonchev–Trinajstić information content (AvgIpc) is 2.06. The average molecular weight is 215 g/mol. The van der Waals surface area contributed by atoms with Gasteiger partial charge in [0.1, 0.15) is 5.21 Å². The molecule has 0 unspecified atom stereocenters. The summed E-state index contributed by atoms with van der Waals surface area (Å²) in [6, 6.07) is 0. The van der Waals surface area contributed by atoms with Crippen LogP contribution in [0.3, 0.4) is 0 Å². The zero-order valence-corrected chi connectivity index (χ0v) is 8.07. The first kappa shape index (κ1) is 10.2. The minimum absolute atomic E-state index is 0.412. The number of hydrogen-bond acceptors (Lipinski definition) is 4. The van der Waals surface area contributed by atoms with Crippen molar-refractivity contribution in [2.45, 2.75) is 0 Å². The monoisotopic (exact) mass is 214 g/mol. The zero-order chi connectivity index (χ0) is 9.03. The fraction of sp³-hybridized carbons (Fsp3) is 1.00.